The average molecular weight is 266 g/mol. The minimum absolute atomic E-state index is 0.376. The molecule has 0 radical (unpaired) electrons. The Bertz CT molecular complexity index is 479. The number of aryl methyl sites for hydroxylation is 1. The van der Waals surface area contributed by atoms with Gasteiger partial charge in [0, 0.05) is 17.6 Å². The Morgan fingerprint density at radius 2 is 2.18 bits per heavy atom. The van der Waals surface area contributed by atoms with E-state index in [1.54, 1.807) is 11.3 Å². The average Bonchev–Trinajstić information content (AvgIpc) is 2.84. The summed E-state index contributed by atoms with van der Waals surface area (Å²) in [6.07, 6.45) is 0. The molecule has 0 aliphatic heterocycles. The van der Waals surface area contributed by atoms with Crippen LogP contribution in [0.5, 0.6) is 0 Å². The van der Waals surface area contributed by atoms with Crippen LogP contribution in [0.1, 0.15) is 29.7 Å². The van der Waals surface area contributed by atoms with Gasteiger partial charge in [-0.1, -0.05) is 23.7 Å². The molecule has 0 aliphatic carbocycles. The second kappa shape index (κ2) is 5.67. The summed E-state index contributed by atoms with van der Waals surface area (Å²) < 4.78 is 0. The van der Waals surface area contributed by atoms with Gasteiger partial charge in [-0.2, -0.15) is 11.3 Å². The number of hydrogen-bond acceptors (Lipinski definition) is 2. The Hall–Kier alpha value is -0.830. The smallest absolute Gasteiger partial charge is 0.0438 e. The van der Waals surface area contributed by atoms with Crippen LogP contribution >= 0.6 is 22.9 Å². The molecule has 0 saturated carbocycles. The Morgan fingerprint density at radius 3 is 2.82 bits per heavy atom. The van der Waals surface area contributed by atoms with Crippen LogP contribution in [0.15, 0.2) is 35.0 Å². The maximum atomic E-state index is 6.10. The third-order valence-electron chi connectivity index (χ3n) is 2.89. The molecule has 1 aromatic heterocycles. The van der Waals surface area contributed by atoms with Crippen LogP contribution in [-0.4, -0.2) is 0 Å². The van der Waals surface area contributed by atoms with Crippen molar-refractivity contribution in [2.75, 3.05) is 0 Å². The third kappa shape index (κ3) is 3.32. The standard InChI is InChI=1S/C14H16ClNS/c1-10-3-4-12(7-14(10)15)8-16-11(2)13-5-6-17-9-13/h3-7,9,11,16H,8H2,1-2H3. The number of halogens is 1. The largest absolute Gasteiger partial charge is 0.306 e. The molecule has 17 heavy (non-hydrogen) atoms. The van der Waals surface area contributed by atoms with E-state index in [1.165, 1.54) is 11.1 Å². The molecule has 2 rings (SSSR count). The summed E-state index contributed by atoms with van der Waals surface area (Å²) in [7, 11) is 0. The number of benzene rings is 1. The van der Waals surface area contributed by atoms with Gasteiger partial charge in [0.15, 0.2) is 0 Å². The number of nitrogens with one attached hydrogen (secondary N) is 1. The first-order valence-corrected chi connectivity index (χ1v) is 6.99. The van der Waals surface area contributed by atoms with Crippen molar-refractivity contribution < 1.29 is 0 Å². The summed E-state index contributed by atoms with van der Waals surface area (Å²) in [4.78, 5) is 0. The summed E-state index contributed by atoms with van der Waals surface area (Å²) in [6.45, 7) is 5.04. The summed E-state index contributed by atoms with van der Waals surface area (Å²) in [5, 5.41) is 8.62. The van der Waals surface area contributed by atoms with Gasteiger partial charge in [0.2, 0.25) is 0 Å². The van der Waals surface area contributed by atoms with E-state index in [9.17, 15) is 0 Å². The summed E-state index contributed by atoms with van der Waals surface area (Å²) in [6, 6.07) is 8.75. The van der Waals surface area contributed by atoms with Crippen molar-refractivity contribution in [2.24, 2.45) is 0 Å². The number of hydrogen-bond donors (Lipinski definition) is 1. The second-order valence-electron chi connectivity index (χ2n) is 4.24. The fraction of sp³-hybridized carbons (Fsp3) is 0.286. The van der Waals surface area contributed by atoms with Gasteiger partial charge in [0.1, 0.15) is 0 Å². The molecule has 1 atom stereocenters. The van der Waals surface area contributed by atoms with Crippen molar-refractivity contribution >= 4 is 22.9 Å². The van der Waals surface area contributed by atoms with Crippen molar-refractivity contribution in [3.05, 3.63) is 56.7 Å². The molecule has 1 N–H and O–H groups in total. The lowest BCUT2D eigenvalue weighted by molar-refractivity contribution is 0.576. The fourth-order valence-electron chi connectivity index (χ4n) is 1.66. The highest BCUT2D eigenvalue weighted by molar-refractivity contribution is 7.07. The highest BCUT2D eigenvalue weighted by Crippen LogP contribution is 2.19. The van der Waals surface area contributed by atoms with Crippen molar-refractivity contribution in [2.45, 2.75) is 26.4 Å². The Kier molecular flexibility index (Phi) is 4.21. The van der Waals surface area contributed by atoms with Crippen LogP contribution in [-0.2, 0) is 6.54 Å². The van der Waals surface area contributed by atoms with E-state index >= 15 is 0 Å². The quantitative estimate of drug-likeness (QED) is 0.855. The first-order chi connectivity index (χ1) is 8.16. The molecule has 0 fully saturated rings. The monoisotopic (exact) mass is 265 g/mol. The van der Waals surface area contributed by atoms with Crippen LogP contribution in [0.25, 0.3) is 0 Å². The van der Waals surface area contributed by atoms with E-state index < -0.39 is 0 Å². The van der Waals surface area contributed by atoms with Crippen molar-refractivity contribution in [1.82, 2.24) is 5.32 Å². The second-order valence-corrected chi connectivity index (χ2v) is 5.43. The Labute approximate surface area is 111 Å². The van der Waals surface area contributed by atoms with Crippen LogP contribution in [0, 0.1) is 6.92 Å². The summed E-state index contributed by atoms with van der Waals surface area (Å²) in [5.74, 6) is 0. The molecule has 1 nitrogen and oxygen atoms in total. The molecule has 90 valence electrons. The molecule has 1 heterocycles. The lowest BCUT2D eigenvalue weighted by atomic mass is 10.1. The molecule has 0 saturated heterocycles. The Morgan fingerprint density at radius 1 is 1.35 bits per heavy atom. The van der Waals surface area contributed by atoms with E-state index in [0.29, 0.717) is 6.04 Å². The number of thiophene rings is 1. The Balaban J connectivity index is 1.96. The van der Waals surface area contributed by atoms with Crippen LogP contribution < -0.4 is 5.32 Å². The van der Waals surface area contributed by atoms with Crippen LogP contribution in [0.3, 0.4) is 0 Å². The zero-order chi connectivity index (χ0) is 12.3. The first-order valence-electron chi connectivity index (χ1n) is 5.67. The zero-order valence-electron chi connectivity index (χ0n) is 10.0. The van der Waals surface area contributed by atoms with Gasteiger partial charge >= 0.3 is 0 Å². The maximum absolute atomic E-state index is 6.10. The van der Waals surface area contributed by atoms with Gasteiger partial charge < -0.3 is 5.32 Å². The lowest BCUT2D eigenvalue weighted by Gasteiger charge is -2.13. The van der Waals surface area contributed by atoms with E-state index in [4.69, 9.17) is 11.6 Å². The van der Waals surface area contributed by atoms with Gasteiger partial charge in [0.05, 0.1) is 0 Å². The zero-order valence-corrected chi connectivity index (χ0v) is 11.6. The SMILES string of the molecule is Cc1ccc(CNC(C)c2ccsc2)cc1Cl. The highest BCUT2D eigenvalue weighted by Gasteiger charge is 2.05. The van der Waals surface area contributed by atoms with Gasteiger partial charge in [-0.05, 0) is 53.4 Å². The van der Waals surface area contributed by atoms with Gasteiger partial charge in [-0.3, -0.25) is 0 Å². The molecule has 0 aliphatic rings. The fourth-order valence-corrected chi connectivity index (χ4v) is 2.61. The summed E-state index contributed by atoms with van der Waals surface area (Å²) >= 11 is 7.84. The molecule has 3 heteroatoms. The van der Waals surface area contributed by atoms with Gasteiger partial charge in [0.25, 0.3) is 0 Å². The summed E-state index contributed by atoms with van der Waals surface area (Å²) in [5.41, 5.74) is 3.69. The predicted molar refractivity (Wildman–Crippen MR) is 75.8 cm³/mol. The molecular weight excluding hydrogens is 250 g/mol. The van der Waals surface area contributed by atoms with Gasteiger partial charge in [-0.25, -0.2) is 0 Å². The molecule has 2 aromatic rings. The van der Waals surface area contributed by atoms with Crippen LogP contribution in [0.4, 0.5) is 0 Å². The highest BCUT2D eigenvalue weighted by atomic mass is 35.5. The lowest BCUT2D eigenvalue weighted by Crippen LogP contribution is -2.17. The van der Waals surface area contributed by atoms with Crippen molar-refractivity contribution in [3.63, 3.8) is 0 Å². The van der Waals surface area contributed by atoms with E-state index in [1.807, 2.05) is 13.0 Å². The maximum Gasteiger partial charge on any atom is 0.0438 e. The minimum atomic E-state index is 0.376. The molecular formula is C14H16ClNS. The van der Waals surface area contributed by atoms with Gasteiger partial charge in [-0.15, -0.1) is 0 Å². The third-order valence-corrected chi connectivity index (χ3v) is 4.00. The minimum Gasteiger partial charge on any atom is -0.306 e. The van der Waals surface area contributed by atoms with Crippen molar-refractivity contribution in [1.29, 1.82) is 0 Å². The number of rotatable bonds is 4. The molecule has 0 amide bonds. The molecule has 1 aromatic carbocycles. The van der Waals surface area contributed by atoms with E-state index in [-0.39, 0.29) is 0 Å². The molecule has 0 spiro atoms. The normalized spacial score (nSPS) is 12.6. The van der Waals surface area contributed by atoms with E-state index in [0.717, 1.165) is 17.1 Å². The molecule has 1 unspecified atom stereocenters. The predicted octanol–water partition coefficient (Wildman–Crippen LogP) is 4.56. The van der Waals surface area contributed by atoms with Crippen LogP contribution in [0.2, 0.25) is 5.02 Å². The van der Waals surface area contributed by atoms with E-state index in [2.05, 4.69) is 41.2 Å². The van der Waals surface area contributed by atoms with Crippen molar-refractivity contribution in [3.8, 4) is 0 Å². The first kappa shape index (κ1) is 12.6. The molecule has 0 bridgehead atoms. The topological polar surface area (TPSA) is 12.0 Å².